The van der Waals surface area contributed by atoms with Crippen molar-refractivity contribution in [1.29, 1.82) is 0 Å². The van der Waals surface area contributed by atoms with Gasteiger partial charge in [0.15, 0.2) is 0 Å². The topological polar surface area (TPSA) is 84.2 Å². The molecular weight excluding hydrogens is 218 g/mol. The summed E-state index contributed by atoms with van der Waals surface area (Å²) in [5.74, 6) is -0.336. The van der Waals surface area contributed by atoms with E-state index in [9.17, 15) is 9.59 Å². The number of urea groups is 1. The lowest BCUT2D eigenvalue weighted by molar-refractivity contribution is -0.124. The first-order valence-electron chi connectivity index (χ1n) is 5.49. The Morgan fingerprint density at radius 2 is 1.88 bits per heavy atom. The lowest BCUT2D eigenvalue weighted by atomic mass is 9.86. The number of hydrogen-bond acceptors (Lipinski definition) is 3. The first kappa shape index (κ1) is 11.6. The maximum Gasteiger partial charge on any atom is 0.322 e. The molecule has 0 radical (unpaired) electrons. The van der Waals surface area contributed by atoms with E-state index < -0.39 is 11.6 Å². The first-order valence-corrected chi connectivity index (χ1v) is 5.49. The van der Waals surface area contributed by atoms with Crippen LogP contribution in [0.2, 0.25) is 0 Å². The van der Waals surface area contributed by atoms with E-state index in [1.54, 1.807) is 0 Å². The second-order valence-corrected chi connectivity index (χ2v) is 4.22. The molecule has 4 N–H and O–H groups in total. The Balaban J connectivity index is 2.44. The second-order valence-electron chi connectivity index (χ2n) is 4.22. The molecule has 1 aromatic rings. The van der Waals surface area contributed by atoms with Gasteiger partial charge in [-0.15, -0.1) is 0 Å². The van der Waals surface area contributed by atoms with Crippen LogP contribution in [0.15, 0.2) is 24.3 Å². The highest BCUT2D eigenvalue weighted by Gasteiger charge is 2.46. The minimum atomic E-state index is -1.01. The van der Waals surface area contributed by atoms with E-state index in [-0.39, 0.29) is 5.91 Å². The number of rotatable bonds is 3. The minimum Gasteiger partial charge on any atom is -0.330 e. The number of hydrogen-bond donors (Lipinski definition) is 3. The van der Waals surface area contributed by atoms with Crippen molar-refractivity contribution >= 4 is 11.9 Å². The molecule has 0 spiro atoms. The van der Waals surface area contributed by atoms with Crippen LogP contribution in [0, 0.1) is 6.92 Å². The Morgan fingerprint density at radius 3 is 2.35 bits per heavy atom. The van der Waals surface area contributed by atoms with Crippen LogP contribution >= 0.6 is 0 Å². The van der Waals surface area contributed by atoms with E-state index in [1.165, 1.54) is 0 Å². The van der Waals surface area contributed by atoms with Gasteiger partial charge in [0.05, 0.1) is 0 Å². The van der Waals surface area contributed by atoms with Gasteiger partial charge in [-0.25, -0.2) is 4.79 Å². The van der Waals surface area contributed by atoms with Gasteiger partial charge in [-0.05, 0) is 25.5 Å². The van der Waals surface area contributed by atoms with E-state index in [4.69, 9.17) is 5.73 Å². The van der Waals surface area contributed by atoms with Crippen molar-refractivity contribution in [2.45, 2.75) is 18.9 Å². The number of aryl methyl sites for hydroxylation is 1. The average Bonchev–Trinajstić information content (AvgIpc) is 2.56. The van der Waals surface area contributed by atoms with Gasteiger partial charge in [-0.2, -0.15) is 0 Å². The third-order valence-electron chi connectivity index (χ3n) is 3.01. The maximum absolute atomic E-state index is 11.9. The first-order chi connectivity index (χ1) is 8.08. The highest BCUT2D eigenvalue weighted by Crippen LogP contribution is 2.28. The van der Waals surface area contributed by atoms with Gasteiger partial charge < -0.3 is 11.1 Å². The zero-order valence-electron chi connectivity index (χ0n) is 9.62. The lowest BCUT2D eigenvalue weighted by Gasteiger charge is -2.26. The van der Waals surface area contributed by atoms with Crippen molar-refractivity contribution in [3.8, 4) is 0 Å². The van der Waals surface area contributed by atoms with Gasteiger partial charge >= 0.3 is 6.03 Å². The average molecular weight is 233 g/mol. The predicted octanol–water partition coefficient (Wildman–Crippen LogP) is 0.379. The standard InChI is InChI=1S/C12H15N3O2/c1-8-2-4-9(5-3-8)12(6-7-13)10(16)14-11(17)15-12/h2-5H,6-7,13H2,1H3,(H2,14,15,16,17). The summed E-state index contributed by atoms with van der Waals surface area (Å²) in [6.07, 6.45) is 0.383. The van der Waals surface area contributed by atoms with Crippen LogP contribution in [-0.2, 0) is 10.3 Å². The Hall–Kier alpha value is -1.88. The molecule has 5 heteroatoms. The maximum atomic E-state index is 11.9. The number of nitrogens with one attached hydrogen (secondary N) is 2. The molecule has 2 rings (SSSR count). The molecule has 90 valence electrons. The van der Waals surface area contributed by atoms with Gasteiger partial charge in [0.1, 0.15) is 5.54 Å². The molecule has 1 aromatic carbocycles. The molecule has 1 aliphatic heterocycles. The van der Waals surface area contributed by atoms with Crippen molar-refractivity contribution in [2.24, 2.45) is 5.73 Å². The highest BCUT2D eigenvalue weighted by atomic mass is 16.2. The molecule has 3 amide bonds. The van der Waals surface area contributed by atoms with Crippen molar-refractivity contribution in [3.05, 3.63) is 35.4 Å². The Labute approximate surface area is 99.4 Å². The number of carbonyl (C=O) groups excluding carboxylic acids is 2. The zero-order chi connectivity index (χ0) is 12.5. The van der Waals surface area contributed by atoms with Crippen molar-refractivity contribution < 1.29 is 9.59 Å². The summed E-state index contributed by atoms with van der Waals surface area (Å²) >= 11 is 0. The fraction of sp³-hybridized carbons (Fsp3) is 0.333. The van der Waals surface area contributed by atoms with E-state index in [0.717, 1.165) is 11.1 Å². The normalized spacial score (nSPS) is 23.4. The number of nitrogens with two attached hydrogens (primary N) is 1. The molecule has 1 atom stereocenters. The third kappa shape index (κ3) is 1.89. The SMILES string of the molecule is Cc1ccc(C2(CCN)NC(=O)NC2=O)cc1. The third-order valence-corrected chi connectivity index (χ3v) is 3.01. The molecular formula is C12H15N3O2. The number of amides is 3. The van der Waals surface area contributed by atoms with Crippen LogP contribution in [0.5, 0.6) is 0 Å². The largest absolute Gasteiger partial charge is 0.330 e. The molecule has 0 bridgehead atoms. The molecule has 1 unspecified atom stereocenters. The van der Waals surface area contributed by atoms with Crippen LogP contribution in [0.25, 0.3) is 0 Å². The molecule has 0 aromatic heterocycles. The summed E-state index contributed by atoms with van der Waals surface area (Å²) in [5.41, 5.74) is 6.38. The smallest absolute Gasteiger partial charge is 0.322 e. The second kappa shape index (κ2) is 4.18. The quantitative estimate of drug-likeness (QED) is 0.660. The Kier molecular flexibility index (Phi) is 2.85. The van der Waals surface area contributed by atoms with Gasteiger partial charge in [0, 0.05) is 0 Å². The number of carbonyl (C=O) groups is 2. The van der Waals surface area contributed by atoms with E-state index >= 15 is 0 Å². The molecule has 1 fully saturated rings. The molecule has 0 saturated carbocycles. The highest BCUT2D eigenvalue weighted by molar-refractivity contribution is 6.07. The van der Waals surface area contributed by atoms with Crippen molar-refractivity contribution in [3.63, 3.8) is 0 Å². The Morgan fingerprint density at radius 1 is 1.24 bits per heavy atom. The molecule has 1 heterocycles. The van der Waals surface area contributed by atoms with Crippen LogP contribution in [-0.4, -0.2) is 18.5 Å². The summed E-state index contributed by atoms with van der Waals surface area (Å²) < 4.78 is 0. The van der Waals surface area contributed by atoms with Crippen LogP contribution in [0.4, 0.5) is 4.79 Å². The van der Waals surface area contributed by atoms with E-state index in [1.807, 2.05) is 31.2 Å². The predicted molar refractivity (Wildman–Crippen MR) is 63.2 cm³/mol. The van der Waals surface area contributed by atoms with Crippen molar-refractivity contribution in [2.75, 3.05) is 6.54 Å². The van der Waals surface area contributed by atoms with Gasteiger partial charge in [-0.1, -0.05) is 29.8 Å². The summed E-state index contributed by atoms with van der Waals surface area (Å²) in [7, 11) is 0. The van der Waals surface area contributed by atoms with Crippen LogP contribution < -0.4 is 16.4 Å². The van der Waals surface area contributed by atoms with E-state index in [2.05, 4.69) is 10.6 Å². The fourth-order valence-electron chi connectivity index (χ4n) is 2.07. The summed E-state index contributed by atoms with van der Waals surface area (Å²) in [4.78, 5) is 23.2. The number of benzene rings is 1. The van der Waals surface area contributed by atoms with Crippen LogP contribution in [0.1, 0.15) is 17.5 Å². The monoisotopic (exact) mass is 233 g/mol. The minimum absolute atomic E-state index is 0.321. The molecule has 17 heavy (non-hydrogen) atoms. The molecule has 5 nitrogen and oxygen atoms in total. The fourth-order valence-corrected chi connectivity index (χ4v) is 2.07. The summed E-state index contributed by atoms with van der Waals surface area (Å²) in [5, 5.41) is 4.94. The summed E-state index contributed by atoms with van der Waals surface area (Å²) in [6.45, 7) is 2.29. The number of imide groups is 1. The zero-order valence-corrected chi connectivity index (χ0v) is 9.62. The molecule has 1 saturated heterocycles. The lowest BCUT2D eigenvalue weighted by Crippen LogP contribution is -2.45. The Bertz CT molecular complexity index is 455. The van der Waals surface area contributed by atoms with Gasteiger partial charge in [0.25, 0.3) is 5.91 Å². The summed E-state index contributed by atoms with van der Waals surface area (Å²) in [6, 6.07) is 7.03. The van der Waals surface area contributed by atoms with Gasteiger partial charge in [0.2, 0.25) is 0 Å². The van der Waals surface area contributed by atoms with Crippen molar-refractivity contribution in [1.82, 2.24) is 10.6 Å². The van der Waals surface area contributed by atoms with Crippen LogP contribution in [0.3, 0.4) is 0 Å². The molecule has 0 aliphatic carbocycles. The van der Waals surface area contributed by atoms with Gasteiger partial charge in [-0.3, -0.25) is 10.1 Å². The molecule has 1 aliphatic rings. The van der Waals surface area contributed by atoms with E-state index in [0.29, 0.717) is 13.0 Å².